The first-order chi connectivity index (χ1) is 17.8. The van der Waals surface area contributed by atoms with E-state index in [-0.39, 0.29) is 33.1 Å². The summed E-state index contributed by atoms with van der Waals surface area (Å²) in [6, 6.07) is 6.19. The first-order valence-electron chi connectivity index (χ1n) is 11.1. The SMILES string of the molecule is [B]N(C(=O)C(F)(F)c1ccc(Cl)cc1)C([B])([B])c1ccc2c(c1)CN(C1C(=O)NC(=O)C([B])([B])C1([B])[B])C2=O. The summed E-state index contributed by atoms with van der Waals surface area (Å²) in [4.78, 5) is 51.4. The van der Waals surface area contributed by atoms with Crippen molar-refractivity contribution in [3.05, 3.63) is 69.7 Å². The number of benzene rings is 2. The van der Waals surface area contributed by atoms with E-state index in [2.05, 4.69) is 0 Å². The van der Waals surface area contributed by atoms with Gasteiger partial charge in [-0.15, -0.1) is 0 Å². The van der Waals surface area contributed by atoms with Crippen molar-refractivity contribution < 1.29 is 28.0 Å². The first-order valence-corrected chi connectivity index (χ1v) is 11.5. The van der Waals surface area contributed by atoms with Crippen LogP contribution in [0.25, 0.3) is 0 Å². The Morgan fingerprint density at radius 2 is 1.59 bits per heavy atom. The van der Waals surface area contributed by atoms with E-state index < -0.39 is 56.9 Å². The maximum absolute atomic E-state index is 14.9. The molecule has 0 spiro atoms. The van der Waals surface area contributed by atoms with Crippen molar-refractivity contribution >= 4 is 90.3 Å². The summed E-state index contributed by atoms with van der Waals surface area (Å²) in [6.07, 6.45) is 0. The number of carbonyl (C=O) groups is 4. The fourth-order valence-electron chi connectivity index (χ4n) is 4.36. The molecular formula is C22H11B7ClF2N3O4. The maximum atomic E-state index is 14.9. The number of piperidine rings is 1. The number of hydrogen-bond donors (Lipinski definition) is 1. The summed E-state index contributed by atoms with van der Waals surface area (Å²) >= 11 is 5.72. The number of amides is 4. The topological polar surface area (TPSA) is 86.8 Å². The van der Waals surface area contributed by atoms with Gasteiger partial charge in [0.05, 0.1) is 47.1 Å². The number of carbonyl (C=O) groups excluding carboxylic acids is 4. The van der Waals surface area contributed by atoms with Crippen LogP contribution in [-0.2, 0) is 32.2 Å². The monoisotopic (exact) mass is 531 g/mol. The van der Waals surface area contributed by atoms with Crippen molar-refractivity contribution in [3.63, 3.8) is 0 Å². The molecule has 1 fully saturated rings. The summed E-state index contributed by atoms with van der Waals surface area (Å²) in [5, 5.41) is -5.19. The van der Waals surface area contributed by atoms with Gasteiger partial charge in [-0.2, -0.15) is 8.78 Å². The first kappa shape index (κ1) is 29.1. The van der Waals surface area contributed by atoms with E-state index in [1.807, 2.05) is 5.32 Å². The molecule has 14 radical (unpaired) electrons. The summed E-state index contributed by atoms with van der Waals surface area (Å²) in [7, 11) is 41.3. The lowest BCUT2D eigenvalue weighted by Crippen LogP contribution is -2.66. The van der Waals surface area contributed by atoms with Crippen LogP contribution < -0.4 is 5.32 Å². The minimum atomic E-state index is -4.12. The maximum Gasteiger partial charge on any atom is 0.348 e. The highest BCUT2D eigenvalue weighted by molar-refractivity contribution is 6.63. The molecule has 7 nitrogen and oxygen atoms in total. The lowest BCUT2D eigenvalue weighted by Gasteiger charge is -2.53. The van der Waals surface area contributed by atoms with Crippen molar-refractivity contribution in [2.75, 3.05) is 0 Å². The number of fused-ring (bicyclic) bond motifs is 1. The van der Waals surface area contributed by atoms with E-state index in [1.54, 1.807) is 0 Å². The molecule has 17 heteroatoms. The number of nitrogens with one attached hydrogen (secondary N) is 1. The molecule has 4 rings (SSSR count). The van der Waals surface area contributed by atoms with Crippen molar-refractivity contribution in [3.8, 4) is 0 Å². The van der Waals surface area contributed by atoms with Crippen LogP contribution >= 0.6 is 11.6 Å². The molecule has 39 heavy (non-hydrogen) atoms. The Morgan fingerprint density at radius 1 is 1.03 bits per heavy atom. The van der Waals surface area contributed by atoms with Gasteiger partial charge in [-0.1, -0.05) is 41.1 Å². The van der Waals surface area contributed by atoms with E-state index >= 15 is 0 Å². The van der Waals surface area contributed by atoms with Gasteiger partial charge < -0.3 is 9.71 Å². The molecule has 0 aromatic heterocycles. The molecular weight excluding hydrogens is 519 g/mol. The predicted octanol–water partition coefficient (Wildman–Crippen LogP) is -0.621. The van der Waals surface area contributed by atoms with E-state index in [0.29, 0.717) is 0 Å². The summed E-state index contributed by atoms with van der Waals surface area (Å²) in [6.45, 7) is -0.323. The zero-order valence-corrected chi connectivity index (χ0v) is 20.8. The minimum absolute atomic E-state index is 0.0277. The number of imide groups is 1. The standard InChI is InChI=1S/C22H11B7ClF2N3O4/c23-20(24)14(15(36)33-17(38)21(20,25)26)34-8-9-7-11(3-6-13(9)16(34)37)22(27,28)35(29)18(39)19(31,32)10-1-4-12(30)5-2-10/h1-7,14H,8H2,(H,33,36,38). The van der Waals surface area contributed by atoms with Crippen molar-refractivity contribution in [2.24, 2.45) is 0 Å². The molecule has 1 unspecified atom stereocenters. The van der Waals surface area contributed by atoms with Crippen LogP contribution in [-0.4, -0.2) is 94.4 Å². The van der Waals surface area contributed by atoms with Gasteiger partial charge in [0.2, 0.25) is 19.8 Å². The second-order valence-electron chi connectivity index (χ2n) is 9.41. The third kappa shape index (κ3) is 4.44. The highest BCUT2D eigenvalue weighted by Crippen LogP contribution is 2.50. The number of hydrogen-bond acceptors (Lipinski definition) is 4. The minimum Gasteiger partial charge on any atom is -0.398 e. The highest BCUT2D eigenvalue weighted by Gasteiger charge is 2.56. The smallest absolute Gasteiger partial charge is 0.348 e. The van der Waals surface area contributed by atoms with Gasteiger partial charge in [0, 0.05) is 22.7 Å². The lowest BCUT2D eigenvalue weighted by molar-refractivity contribution is -0.155. The predicted molar refractivity (Wildman–Crippen MR) is 143 cm³/mol. The van der Waals surface area contributed by atoms with E-state index in [0.717, 1.165) is 17.0 Å². The molecule has 0 saturated carbocycles. The summed E-state index contributed by atoms with van der Waals surface area (Å²) in [5.74, 6) is -8.94. The van der Waals surface area contributed by atoms with Crippen molar-refractivity contribution in [1.29, 1.82) is 0 Å². The number of rotatable bonds is 5. The van der Waals surface area contributed by atoms with Crippen LogP contribution in [0.15, 0.2) is 42.5 Å². The van der Waals surface area contributed by atoms with Crippen LogP contribution in [0.4, 0.5) is 8.78 Å². The fourth-order valence-corrected chi connectivity index (χ4v) is 4.49. The molecule has 180 valence electrons. The Bertz CT molecular complexity index is 1410. The zero-order chi connectivity index (χ0) is 29.3. The molecule has 1 atom stereocenters. The lowest BCUT2D eigenvalue weighted by atomic mass is 9.26. The fraction of sp³-hybridized carbons (Fsp3) is 0.273. The molecule has 2 aromatic rings. The third-order valence-corrected chi connectivity index (χ3v) is 7.09. The quantitative estimate of drug-likeness (QED) is 0.413. The van der Waals surface area contributed by atoms with Crippen molar-refractivity contribution in [2.45, 2.75) is 34.3 Å². The molecule has 2 aliphatic heterocycles. The third-order valence-electron chi connectivity index (χ3n) is 6.83. The summed E-state index contributed by atoms with van der Waals surface area (Å²) in [5.41, 5.74) is -0.606. The average molecular weight is 530 g/mol. The number of alkyl halides is 2. The van der Waals surface area contributed by atoms with E-state index in [4.69, 9.17) is 66.7 Å². The largest absolute Gasteiger partial charge is 0.398 e. The van der Waals surface area contributed by atoms with Crippen LogP contribution in [0.5, 0.6) is 0 Å². The molecule has 4 amide bonds. The Morgan fingerprint density at radius 3 is 2.18 bits per heavy atom. The van der Waals surface area contributed by atoms with Gasteiger partial charge in [0.1, 0.15) is 6.04 Å². The van der Waals surface area contributed by atoms with Gasteiger partial charge >= 0.3 is 5.92 Å². The molecule has 2 aliphatic rings. The zero-order valence-electron chi connectivity index (χ0n) is 20.0. The van der Waals surface area contributed by atoms with Crippen LogP contribution in [0.2, 0.25) is 15.5 Å². The molecule has 0 aliphatic carbocycles. The van der Waals surface area contributed by atoms with Crippen LogP contribution in [0.1, 0.15) is 27.0 Å². The highest BCUT2D eigenvalue weighted by atomic mass is 35.5. The van der Waals surface area contributed by atoms with Crippen molar-refractivity contribution in [1.82, 2.24) is 15.0 Å². The molecule has 2 heterocycles. The normalized spacial score (nSPS) is 20.3. The second-order valence-corrected chi connectivity index (χ2v) is 9.85. The Kier molecular flexibility index (Phi) is 6.98. The number of halogens is 3. The molecule has 2 aromatic carbocycles. The van der Waals surface area contributed by atoms with Gasteiger partial charge in [0.15, 0.2) is 0 Å². The van der Waals surface area contributed by atoms with Crippen LogP contribution in [0.3, 0.4) is 0 Å². The molecule has 1 N–H and O–H groups in total. The average Bonchev–Trinajstić information content (AvgIpc) is 3.17. The Labute approximate surface area is 237 Å². The van der Waals surface area contributed by atoms with Gasteiger partial charge in [-0.3, -0.25) is 24.5 Å². The second kappa shape index (κ2) is 9.35. The van der Waals surface area contributed by atoms with E-state index in [9.17, 15) is 28.0 Å². The van der Waals surface area contributed by atoms with Gasteiger partial charge in [-0.05, 0) is 39.9 Å². The summed E-state index contributed by atoms with van der Waals surface area (Å²) < 4.78 is 29.8. The van der Waals surface area contributed by atoms with Crippen LogP contribution in [0, 0.1) is 0 Å². The Hall–Kier alpha value is -2.88. The Balaban J connectivity index is 1.63. The number of nitrogens with zero attached hydrogens (tertiary/aromatic N) is 2. The van der Waals surface area contributed by atoms with Gasteiger partial charge in [-0.25, -0.2) is 0 Å². The molecule has 0 bridgehead atoms. The van der Waals surface area contributed by atoms with E-state index in [1.165, 1.54) is 30.3 Å². The van der Waals surface area contributed by atoms with Gasteiger partial charge in [0.25, 0.3) is 11.8 Å². The molecule has 1 saturated heterocycles.